The van der Waals surface area contributed by atoms with Gasteiger partial charge in [-0.25, -0.2) is 4.98 Å². The number of carbonyl (C=O) groups excluding carboxylic acids is 1. The molecule has 1 aromatic carbocycles. The number of hydrogen-bond donors (Lipinski definition) is 1. The van der Waals surface area contributed by atoms with Gasteiger partial charge in [0.1, 0.15) is 0 Å². The van der Waals surface area contributed by atoms with E-state index >= 15 is 0 Å². The number of nitrogens with zero attached hydrogens (tertiary/aromatic N) is 1. The summed E-state index contributed by atoms with van der Waals surface area (Å²) in [5, 5.41) is 5.38. The third kappa shape index (κ3) is 5.00. The first kappa shape index (κ1) is 16.3. The number of hydrogen-bond acceptors (Lipinski definition) is 5. The van der Waals surface area contributed by atoms with Crippen LogP contribution in [0.4, 0.5) is 5.69 Å². The van der Waals surface area contributed by atoms with E-state index < -0.39 is 0 Å². The molecular formula is C14H15ClN2O2S2. The molecule has 1 N–H and O–H groups in total. The minimum absolute atomic E-state index is 0.0936. The van der Waals surface area contributed by atoms with Crippen molar-refractivity contribution in [3.8, 4) is 0 Å². The highest BCUT2D eigenvalue weighted by Crippen LogP contribution is 2.36. The van der Waals surface area contributed by atoms with Crippen LogP contribution >= 0.6 is 34.7 Å². The predicted molar refractivity (Wildman–Crippen MR) is 87.5 cm³/mol. The van der Waals surface area contributed by atoms with Crippen LogP contribution in [0.15, 0.2) is 32.8 Å². The maximum Gasteiger partial charge on any atom is 0.226 e. The number of aromatic nitrogens is 1. The molecule has 2 rings (SSSR count). The minimum atomic E-state index is -0.0936. The molecule has 1 aromatic heterocycles. The maximum atomic E-state index is 11.6. The van der Waals surface area contributed by atoms with E-state index in [4.69, 9.17) is 16.3 Å². The molecule has 0 saturated carbocycles. The first-order valence-corrected chi connectivity index (χ1v) is 8.34. The predicted octanol–water partition coefficient (Wildman–Crippen LogP) is 4.23. The molecule has 0 bridgehead atoms. The smallest absolute Gasteiger partial charge is 0.226 e. The second-order valence-corrected chi connectivity index (χ2v) is 6.85. The van der Waals surface area contributed by atoms with Crippen LogP contribution in [-0.2, 0) is 9.53 Å². The molecule has 0 aliphatic heterocycles. The summed E-state index contributed by atoms with van der Waals surface area (Å²) in [4.78, 5) is 16.9. The highest BCUT2D eigenvalue weighted by atomic mass is 35.5. The molecule has 0 radical (unpaired) electrons. The topological polar surface area (TPSA) is 51.2 Å². The van der Waals surface area contributed by atoms with Crippen molar-refractivity contribution in [3.05, 3.63) is 34.3 Å². The normalized spacial score (nSPS) is 10.6. The molecule has 2 aromatic rings. The number of amides is 1. The standard InChI is InChI=1S/C14H15ClN2O2S2/c1-9-8-20-14(16-9)21-12-4-3-10(7-11(12)15)17-13(18)5-6-19-2/h3-4,7-8H,5-6H2,1-2H3,(H,17,18). The van der Waals surface area contributed by atoms with Crippen LogP contribution in [0, 0.1) is 6.92 Å². The van der Waals surface area contributed by atoms with Gasteiger partial charge in [0, 0.05) is 28.8 Å². The number of rotatable bonds is 6. The quantitative estimate of drug-likeness (QED) is 0.853. The van der Waals surface area contributed by atoms with E-state index in [0.717, 1.165) is 14.9 Å². The summed E-state index contributed by atoms with van der Waals surface area (Å²) in [6.45, 7) is 2.36. The van der Waals surface area contributed by atoms with E-state index in [1.165, 1.54) is 11.8 Å². The van der Waals surface area contributed by atoms with E-state index in [2.05, 4.69) is 10.3 Å². The van der Waals surface area contributed by atoms with Gasteiger partial charge >= 0.3 is 0 Å². The Kier molecular flexibility index (Phi) is 6.05. The number of ether oxygens (including phenoxy) is 1. The highest BCUT2D eigenvalue weighted by Gasteiger charge is 2.08. The molecule has 0 aliphatic carbocycles. The monoisotopic (exact) mass is 342 g/mol. The van der Waals surface area contributed by atoms with Crippen molar-refractivity contribution in [3.63, 3.8) is 0 Å². The van der Waals surface area contributed by atoms with Crippen molar-refractivity contribution < 1.29 is 9.53 Å². The van der Waals surface area contributed by atoms with Crippen LogP contribution in [0.2, 0.25) is 5.02 Å². The van der Waals surface area contributed by atoms with Crippen LogP contribution < -0.4 is 5.32 Å². The molecular weight excluding hydrogens is 328 g/mol. The molecule has 0 fully saturated rings. The van der Waals surface area contributed by atoms with Gasteiger partial charge in [-0.05, 0) is 25.1 Å². The van der Waals surface area contributed by atoms with Gasteiger partial charge in [-0.1, -0.05) is 23.4 Å². The molecule has 0 spiro atoms. The van der Waals surface area contributed by atoms with E-state index in [1.807, 2.05) is 24.4 Å². The zero-order chi connectivity index (χ0) is 15.2. The Morgan fingerprint density at radius 3 is 2.95 bits per heavy atom. The molecule has 0 atom stereocenters. The Hall–Kier alpha value is -1.08. The fourth-order valence-electron chi connectivity index (χ4n) is 1.55. The number of benzene rings is 1. The molecule has 0 saturated heterocycles. The SMILES string of the molecule is COCCC(=O)Nc1ccc(Sc2nc(C)cs2)c(Cl)c1. The molecule has 0 aliphatic rings. The molecule has 21 heavy (non-hydrogen) atoms. The second-order valence-electron chi connectivity index (χ2n) is 4.29. The average Bonchev–Trinajstić information content (AvgIpc) is 2.85. The Balaban J connectivity index is 2.01. The van der Waals surface area contributed by atoms with Crippen LogP contribution in [-0.4, -0.2) is 24.6 Å². The Morgan fingerprint density at radius 1 is 1.52 bits per heavy atom. The lowest BCUT2D eigenvalue weighted by Gasteiger charge is -2.07. The molecule has 0 unspecified atom stereocenters. The van der Waals surface area contributed by atoms with Gasteiger partial charge in [0.2, 0.25) is 5.91 Å². The first-order chi connectivity index (χ1) is 10.1. The van der Waals surface area contributed by atoms with Crippen molar-refractivity contribution in [2.45, 2.75) is 22.6 Å². The summed E-state index contributed by atoms with van der Waals surface area (Å²) in [6, 6.07) is 5.46. The highest BCUT2D eigenvalue weighted by molar-refractivity contribution is 8.01. The fourth-order valence-corrected chi connectivity index (χ4v) is 3.65. The number of anilines is 1. The van der Waals surface area contributed by atoms with E-state index in [1.54, 1.807) is 24.5 Å². The fraction of sp³-hybridized carbons (Fsp3) is 0.286. The van der Waals surface area contributed by atoms with Gasteiger partial charge in [-0.2, -0.15) is 0 Å². The molecule has 112 valence electrons. The van der Waals surface area contributed by atoms with Crippen molar-refractivity contribution in [2.24, 2.45) is 0 Å². The molecule has 4 nitrogen and oxygen atoms in total. The van der Waals surface area contributed by atoms with Crippen molar-refractivity contribution >= 4 is 46.3 Å². The summed E-state index contributed by atoms with van der Waals surface area (Å²) in [6.07, 6.45) is 0.322. The van der Waals surface area contributed by atoms with E-state index in [0.29, 0.717) is 23.7 Å². The first-order valence-electron chi connectivity index (χ1n) is 6.27. The Labute approximate surface area is 136 Å². The number of nitrogens with one attached hydrogen (secondary N) is 1. The lowest BCUT2D eigenvalue weighted by atomic mass is 10.3. The van der Waals surface area contributed by atoms with Crippen molar-refractivity contribution in [1.82, 2.24) is 4.98 Å². The van der Waals surface area contributed by atoms with Crippen molar-refractivity contribution in [2.75, 3.05) is 19.0 Å². The number of methoxy groups -OCH3 is 1. The van der Waals surface area contributed by atoms with Crippen LogP contribution in [0.25, 0.3) is 0 Å². The second kappa shape index (κ2) is 7.79. The third-order valence-electron chi connectivity index (χ3n) is 2.54. The van der Waals surface area contributed by atoms with E-state index in [-0.39, 0.29) is 5.91 Å². The van der Waals surface area contributed by atoms with Crippen LogP contribution in [0.5, 0.6) is 0 Å². The van der Waals surface area contributed by atoms with Gasteiger partial charge < -0.3 is 10.1 Å². The minimum Gasteiger partial charge on any atom is -0.384 e. The summed E-state index contributed by atoms with van der Waals surface area (Å²) >= 11 is 9.36. The molecule has 1 amide bonds. The van der Waals surface area contributed by atoms with Crippen LogP contribution in [0.1, 0.15) is 12.1 Å². The van der Waals surface area contributed by atoms with Gasteiger partial charge in [0.05, 0.1) is 18.1 Å². The van der Waals surface area contributed by atoms with Crippen LogP contribution in [0.3, 0.4) is 0 Å². The summed E-state index contributed by atoms with van der Waals surface area (Å²) in [7, 11) is 1.57. The number of carbonyl (C=O) groups is 1. The lowest BCUT2D eigenvalue weighted by Crippen LogP contribution is -2.13. The summed E-state index contributed by atoms with van der Waals surface area (Å²) in [5.74, 6) is -0.0936. The summed E-state index contributed by atoms with van der Waals surface area (Å²) in [5.41, 5.74) is 1.68. The molecule has 7 heteroatoms. The lowest BCUT2D eigenvalue weighted by molar-refractivity contribution is -0.117. The number of thiazole rings is 1. The number of aryl methyl sites for hydroxylation is 1. The zero-order valence-corrected chi connectivity index (χ0v) is 14.1. The maximum absolute atomic E-state index is 11.6. The average molecular weight is 343 g/mol. The van der Waals surface area contributed by atoms with Crippen molar-refractivity contribution in [1.29, 1.82) is 0 Å². The third-order valence-corrected chi connectivity index (χ3v) is 5.10. The Bertz CT molecular complexity index is 631. The van der Waals surface area contributed by atoms with E-state index in [9.17, 15) is 4.79 Å². The largest absolute Gasteiger partial charge is 0.384 e. The van der Waals surface area contributed by atoms with Gasteiger partial charge in [0.15, 0.2) is 4.34 Å². The number of halogens is 1. The molecule has 1 heterocycles. The summed E-state index contributed by atoms with van der Waals surface area (Å²) < 4.78 is 5.82. The van der Waals surface area contributed by atoms with Gasteiger partial charge in [-0.3, -0.25) is 4.79 Å². The van der Waals surface area contributed by atoms with Gasteiger partial charge in [-0.15, -0.1) is 11.3 Å². The van der Waals surface area contributed by atoms with Gasteiger partial charge in [0.25, 0.3) is 0 Å². The Morgan fingerprint density at radius 2 is 2.33 bits per heavy atom. The zero-order valence-electron chi connectivity index (χ0n) is 11.7.